The number of benzene rings is 1. The molecule has 2 aromatic heterocycles. The molecule has 0 bridgehead atoms. The van der Waals surface area contributed by atoms with Gasteiger partial charge in [0.25, 0.3) is 0 Å². The van der Waals surface area contributed by atoms with E-state index in [2.05, 4.69) is 4.98 Å². The zero-order valence-corrected chi connectivity index (χ0v) is 18.6. The summed E-state index contributed by atoms with van der Waals surface area (Å²) in [7, 11) is 0. The van der Waals surface area contributed by atoms with Gasteiger partial charge in [-0.1, -0.05) is 30.0 Å². The first kappa shape index (κ1) is 21.0. The molecule has 3 aromatic rings. The predicted molar refractivity (Wildman–Crippen MR) is 120 cm³/mol. The van der Waals surface area contributed by atoms with Crippen molar-refractivity contribution < 1.29 is 14.0 Å². The molecule has 5 nitrogen and oxygen atoms in total. The van der Waals surface area contributed by atoms with E-state index in [1.807, 2.05) is 38.8 Å². The molecule has 0 radical (unpaired) electrons. The summed E-state index contributed by atoms with van der Waals surface area (Å²) in [5, 5.41) is 3.77. The van der Waals surface area contributed by atoms with Gasteiger partial charge in [-0.2, -0.15) is 0 Å². The van der Waals surface area contributed by atoms with Gasteiger partial charge in [0.2, 0.25) is 5.91 Å². The summed E-state index contributed by atoms with van der Waals surface area (Å²) in [6.07, 6.45) is 0.246. The number of thiophene rings is 1. The van der Waals surface area contributed by atoms with Gasteiger partial charge in [-0.15, -0.1) is 22.7 Å². The van der Waals surface area contributed by atoms with Crippen LogP contribution in [-0.4, -0.2) is 53.5 Å². The molecule has 1 saturated heterocycles. The Morgan fingerprint density at radius 2 is 1.87 bits per heavy atom. The van der Waals surface area contributed by atoms with Crippen molar-refractivity contribution in [3.8, 4) is 0 Å². The van der Waals surface area contributed by atoms with Crippen molar-refractivity contribution in [1.29, 1.82) is 0 Å². The van der Waals surface area contributed by atoms with E-state index >= 15 is 0 Å². The van der Waals surface area contributed by atoms with E-state index in [1.54, 1.807) is 12.1 Å². The second-order valence-corrected chi connectivity index (χ2v) is 9.82. The standard InChI is InChI=1S/C21H20FN3O2S3/c22-16-4-1-2-5-17(16)24-7-9-25(10-8-24)20(27)12-15-13-29-21(23-15)30-14-18(26)19-6-3-11-28-19/h1-6,11,13H,7-10,12,14H2. The first-order valence-electron chi connectivity index (χ1n) is 9.51. The topological polar surface area (TPSA) is 53.5 Å². The van der Waals surface area contributed by atoms with Crippen LogP contribution in [0.15, 0.2) is 51.5 Å². The number of piperazine rings is 1. The van der Waals surface area contributed by atoms with Crippen molar-refractivity contribution >= 4 is 51.8 Å². The Kier molecular flexibility index (Phi) is 6.81. The second-order valence-electron chi connectivity index (χ2n) is 6.79. The molecule has 0 saturated carbocycles. The zero-order chi connectivity index (χ0) is 20.9. The largest absolute Gasteiger partial charge is 0.366 e. The minimum atomic E-state index is -0.234. The highest BCUT2D eigenvalue weighted by molar-refractivity contribution is 8.01. The molecule has 1 fully saturated rings. The van der Waals surface area contributed by atoms with Gasteiger partial charge in [0.05, 0.1) is 28.4 Å². The molecule has 1 amide bonds. The van der Waals surface area contributed by atoms with E-state index < -0.39 is 0 Å². The van der Waals surface area contributed by atoms with Crippen molar-refractivity contribution in [2.24, 2.45) is 0 Å². The summed E-state index contributed by atoms with van der Waals surface area (Å²) >= 11 is 4.31. The number of aromatic nitrogens is 1. The van der Waals surface area contributed by atoms with Gasteiger partial charge in [-0.05, 0) is 23.6 Å². The van der Waals surface area contributed by atoms with Gasteiger partial charge in [0, 0.05) is 31.6 Å². The number of para-hydroxylation sites is 1. The minimum absolute atomic E-state index is 0.0275. The Balaban J connectivity index is 1.26. The van der Waals surface area contributed by atoms with Gasteiger partial charge in [-0.3, -0.25) is 9.59 Å². The van der Waals surface area contributed by atoms with Gasteiger partial charge in [0.15, 0.2) is 10.1 Å². The average molecular weight is 462 g/mol. The number of carbonyl (C=O) groups is 2. The highest BCUT2D eigenvalue weighted by Crippen LogP contribution is 2.25. The van der Waals surface area contributed by atoms with Crippen LogP contribution in [0.1, 0.15) is 15.4 Å². The summed E-state index contributed by atoms with van der Waals surface area (Å²) in [6, 6.07) is 10.4. The fraction of sp³-hybridized carbons (Fsp3) is 0.286. The van der Waals surface area contributed by atoms with Crippen LogP contribution in [0.4, 0.5) is 10.1 Å². The lowest BCUT2D eigenvalue weighted by molar-refractivity contribution is -0.130. The molecule has 4 rings (SSSR count). The molecule has 30 heavy (non-hydrogen) atoms. The highest BCUT2D eigenvalue weighted by Gasteiger charge is 2.23. The SMILES string of the molecule is O=C(CSc1nc(CC(=O)N2CCN(c3ccccc3F)CC2)cs1)c1cccs1. The monoisotopic (exact) mass is 461 g/mol. The van der Waals surface area contributed by atoms with E-state index in [0.717, 1.165) is 14.9 Å². The molecular formula is C21H20FN3O2S3. The Morgan fingerprint density at radius 1 is 1.07 bits per heavy atom. The number of ketones is 1. The molecule has 156 valence electrons. The van der Waals surface area contributed by atoms with E-state index in [-0.39, 0.29) is 23.9 Å². The third-order valence-electron chi connectivity index (χ3n) is 4.81. The Bertz CT molecular complexity index is 1010. The summed E-state index contributed by atoms with van der Waals surface area (Å²) < 4.78 is 14.8. The maximum atomic E-state index is 14.0. The molecule has 0 unspecified atom stereocenters. The number of halogens is 1. The van der Waals surface area contributed by atoms with Crippen molar-refractivity contribution in [2.45, 2.75) is 10.8 Å². The summed E-state index contributed by atoms with van der Waals surface area (Å²) in [4.78, 5) is 33.8. The number of Topliss-reactive ketones (excluding diaryl/α,β-unsaturated/α-hetero) is 1. The number of anilines is 1. The predicted octanol–water partition coefficient (Wildman–Crippen LogP) is 4.21. The number of carbonyl (C=O) groups excluding carboxylic acids is 2. The lowest BCUT2D eigenvalue weighted by atomic mass is 10.2. The smallest absolute Gasteiger partial charge is 0.228 e. The third kappa shape index (κ3) is 5.08. The van der Waals surface area contributed by atoms with Gasteiger partial charge in [-0.25, -0.2) is 9.37 Å². The maximum Gasteiger partial charge on any atom is 0.228 e. The molecule has 0 aliphatic carbocycles. The van der Waals surface area contributed by atoms with E-state index in [0.29, 0.717) is 37.6 Å². The van der Waals surface area contributed by atoms with Gasteiger partial charge < -0.3 is 9.80 Å². The van der Waals surface area contributed by atoms with Crippen LogP contribution >= 0.6 is 34.4 Å². The fourth-order valence-corrected chi connectivity index (χ4v) is 5.73. The third-order valence-corrected chi connectivity index (χ3v) is 7.79. The van der Waals surface area contributed by atoms with Crippen LogP contribution in [0.3, 0.4) is 0 Å². The van der Waals surface area contributed by atoms with E-state index in [1.165, 1.54) is 40.5 Å². The first-order valence-corrected chi connectivity index (χ1v) is 12.3. The van der Waals surface area contributed by atoms with Crippen LogP contribution in [-0.2, 0) is 11.2 Å². The molecule has 9 heteroatoms. The molecule has 0 atom stereocenters. The maximum absolute atomic E-state index is 14.0. The van der Waals surface area contributed by atoms with Crippen LogP contribution in [0, 0.1) is 5.82 Å². The van der Waals surface area contributed by atoms with E-state index in [4.69, 9.17) is 0 Å². The lowest BCUT2D eigenvalue weighted by Gasteiger charge is -2.36. The van der Waals surface area contributed by atoms with Crippen molar-refractivity contribution in [3.63, 3.8) is 0 Å². The Labute approximate surface area is 186 Å². The van der Waals surface area contributed by atoms with Crippen molar-refractivity contribution in [3.05, 3.63) is 63.5 Å². The minimum Gasteiger partial charge on any atom is -0.366 e. The highest BCUT2D eigenvalue weighted by atomic mass is 32.2. The van der Waals surface area contributed by atoms with Crippen molar-refractivity contribution in [2.75, 3.05) is 36.8 Å². The Morgan fingerprint density at radius 3 is 2.60 bits per heavy atom. The van der Waals surface area contributed by atoms with Gasteiger partial charge >= 0.3 is 0 Å². The number of thiazole rings is 1. The number of rotatable bonds is 7. The molecule has 1 aliphatic rings. The summed E-state index contributed by atoms with van der Waals surface area (Å²) in [5.41, 5.74) is 1.32. The molecule has 3 heterocycles. The normalized spacial score (nSPS) is 14.2. The molecule has 0 spiro atoms. The van der Waals surface area contributed by atoms with Crippen molar-refractivity contribution in [1.82, 2.24) is 9.88 Å². The Hall–Kier alpha value is -2.23. The second kappa shape index (κ2) is 9.72. The zero-order valence-electron chi connectivity index (χ0n) is 16.1. The number of amides is 1. The molecule has 1 aromatic carbocycles. The average Bonchev–Trinajstić information content (AvgIpc) is 3.45. The first-order chi connectivity index (χ1) is 14.6. The van der Waals surface area contributed by atoms with Crippen LogP contribution in [0.5, 0.6) is 0 Å². The van der Waals surface area contributed by atoms with Crippen LogP contribution in [0.25, 0.3) is 0 Å². The number of hydrogen-bond donors (Lipinski definition) is 0. The fourth-order valence-electron chi connectivity index (χ4n) is 3.24. The summed E-state index contributed by atoms with van der Waals surface area (Å²) in [5.74, 6) is 0.233. The number of thioether (sulfide) groups is 1. The van der Waals surface area contributed by atoms with E-state index in [9.17, 15) is 14.0 Å². The number of hydrogen-bond acceptors (Lipinski definition) is 7. The summed E-state index contributed by atoms with van der Waals surface area (Å²) in [6.45, 7) is 2.34. The molecule has 1 aliphatic heterocycles. The number of nitrogens with zero attached hydrogens (tertiary/aromatic N) is 3. The molecule has 0 N–H and O–H groups in total. The lowest BCUT2D eigenvalue weighted by Crippen LogP contribution is -2.49. The van der Waals surface area contributed by atoms with Crippen LogP contribution in [0.2, 0.25) is 0 Å². The quantitative estimate of drug-likeness (QED) is 0.390. The van der Waals surface area contributed by atoms with Crippen LogP contribution < -0.4 is 4.90 Å². The van der Waals surface area contributed by atoms with Gasteiger partial charge in [0.1, 0.15) is 5.82 Å². The molecular weight excluding hydrogens is 441 g/mol.